The number of carbonyl (C=O) groups is 4. The lowest BCUT2D eigenvalue weighted by Crippen LogP contribution is -2.77. The molecular weight excluding hydrogens is 717 g/mol. The fourth-order valence-electron chi connectivity index (χ4n) is 10.6. The van der Waals surface area contributed by atoms with Crippen LogP contribution in [0.2, 0.25) is 0 Å². The highest BCUT2D eigenvalue weighted by Gasteiger charge is 2.92. The lowest BCUT2D eigenvalue weighted by Gasteiger charge is -2.59. The summed E-state index contributed by atoms with van der Waals surface area (Å²) in [7, 11) is 7.45. The van der Waals surface area contributed by atoms with Gasteiger partial charge in [-0.05, 0) is 88.4 Å². The minimum Gasteiger partial charge on any atom is -0.388 e. The molecule has 256 valence electrons. The predicted molar refractivity (Wildman–Crippen MR) is 180 cm³/mol. The highest BCUT2D eigenvalue weighted by molar-refractivity contribution is 8.78. The second kappa shape index (κ2) is 8.84. The van der Waals surface area contributed by atoms with E-state index in [2.05, 4.69) is 5.32 Å². The summed E-state index contributed by atoms with van der Waals surface area (Å²) in [6.07, 6.45) is -4.61. The smallest absolute Gasteiger partial charge is 0.264 e. The average Bonchev–Trinajstić information content (AvgIpc) is 3.72. The van der Waals surface area contributed by atoms with E-state index >= 15 is 8.78 Å². The molecule has 3 N–H and O–H groups in total. The van der Waals surface area contributed by atoms with Crippen LogP contribution in [0.15, 0.2) is 36.4 Å². The van der Waals surface area contributed by atoms with Crippen molar-refractivity contribution < 1.29 is 38.2 Å². The Balaban J connectivity index is 1.37. The third kappa shape index (κ3) is 2.70. The molecule has 49 heavy (non-hydrogen) atoms. The van der Waals surface area contributed by atoms with Crippen molar-refractivity contribution in [3.8, 4) is 0 Å². The number of amides is 4. The van der Waals surface area contributed by atoms with Gasteiger partial charge in [-0.2, -0.15) is 0 Å². The van der Waals surface area contributed by atoms with E-state index in [1.807, 2.05) is 0 Å². The molecule has 0 saturated carbocycles. The second-order valence-electron chi connectivity index (χ2n) is 14.2. The zero-order valence-electron chi connectivity index (χ0n) is 26.4. The quantitative estimate of drug-likeness (QED) is 0.391. The summed E-state index contributed by atoms with van der Waals surface area (Å²) in [5, 5.41) is 30.0. The van der Waals surface area contributed by atoms with Crippen molar-refractivity contribution in [1.82, 2.24) is 19.6 Å². The van der Waals surface area contributed by atoms with Crippen LogP contribution in [-0.2, 0) is 36.4 Å². The number of aliphatic hydroxyl groups is 2. The van der Waals surface area contributed by atoms with Crippen LogP contribution in [-0.4, -0.2) is 111 Å². The fraction of sp³-hybridized carbons (Fsp3) is 0.500. The van der Waals surface area contributed by atoms with Crippen molar-refractivity contribution in [2.24, 2.45) is 0 Å². The molecule has 10 aliphatic rings. The molecule has 9 aliphatic heterocycles. The largest absolute Gasteiger partial charge is 0.388 e. The van der Waals surface area contributed by atoms with Crippen LogP contribution in [0.1, 0.15) is 37.0 Å². The maximum Gasteiger partial charge on any atom is 0.264 e. The number of carbonyl (C=O) groups excluding carboxylic acids is 4. The third-order valence-electron chi connectivity index (χ3n) is 12.9. The van der Waals surface area contributed by atoms with E-state index in [1.165, 1.54) is 74.8 Å². The number of nitrogens with zero attached hydrogens (tertiary/aromatic N) is 4. The number of nitrogens with one attached hydrogen (secondary N) is 1. The molecule has 8 saturated heterocycles. The Labute approximate surface area is 294 Å². The Morgan fingerprint density at radius 1 is 0.796 bits per heavy atom. The molecule has 12 rings (SSSR count). The molecule has 1 aliphatic carbocycles. The Hall–Kier alpha value is -2.70. The minimum absolute atomic E-state index is 0.0718. The van der Waals surface area contributed by atoms with Gasteiger partial charge in [0.25, 0.3) is 23.6 Å². The topological polar surface area (TPSA) is 134 Å². The van der Waals surface area contributed by atoms with Crippen molar-refractivity contribution in [2.75, 3.05) is 19.4 Å². The molecule has 2 aromatic carbocycles. The predicted octanol–water partition coefficient (Wildman–Crippen LogP) is 2.17. The molecule has 11 nitrogen and oxygen atoms in total. The summed E-state index contributed by atoms with van der Waals surface area (Å²) in [5.74, 6) is -3.32. The number of likely N-dealkylation sites (N-methyl/N-ethyl adjacent to an activating group) is 2. The van der Waals surface area contributed by atoms with Crippen molar-refractivity contribution in [2.45, 2.75) is 81.4 Å². The number of piperazine rings is 2. The van der Waals surface area contributed by atoms with E-state index in [0.29, 0.717) is 11.3 Å². The van der Waals surface area contributed by atoms with Gasteiger partial charge >= 0.3 is 0 Å². The van der Waals surface area contributed by atoms with Crippen LogP contribution in [0, 0.1) is 11.6 Å². The first-order valence-corrected chi connectivity index (χ1v) is 20.2. The van der Waals surface area contributed by atoms with Crippen LogP contribution >= 0.6 is 43.2 Å². The van der Waals surface area contributed by atoms with Gasteiger partial charge in [-0.3, -0.25) is 24.1 Å². The molecule has 0 unspecified atom stereocenters. The van der Waals surface area contributed by atoms with E-state index in [9.17, 15) is 29.4 Å². The van der Waals surface area contributed by atoms with Crippen molar-refractivity contribution in [3.63, 3.8) is 0 Å². The van der Waals surface area contributed by atoms with Crippen molar-refractivity contribution >= 4 is 72.5 Å². The Morgan fingerprint density at radius 3 is 2.12 bits per heavy atom. The van der Waals surface area contributed by atoms with Gasteiger partial charge in [0.15, 0.2) is 9.74 Å². The summed E-state index contributed by atoms with van der Waals surface area (Å²) in [6, 6.07) is 6.95. The van der Waals surface area contributed by atoms with Crippen LogP contribution in [0.4, 0.5) is 14.5 Å². The zero-order valence-corrected chi connectivity index (χ0v) is 29.7. The van der Waals surface area contributed by atoms with Gasteiger partial charge in [0.1, 0.15) is 30.0 Å². The van der Waals surface area contributed by atoms with Gasteiger partial charge in [-0.15, -0.1) is 0 Å². The maximum absolute atomic E-state index is 15.6. The van der Waals surface area contributed by atoms with Crippen molar-refractivity contribution in [3.05, 3.63) is 64.7 Å². The Kier molecular flexibility index (Phi) is 5.60. The standard InChI is InChI=1S/C32H29F2N5O6S4/c1-5-28-24(43)38-19-10-13-6-7-14(33)11-16(13)29(19,20(40)31(38,49-47-28)26(45)37(28)4)30-17-12-15(34)8-9-18(17)35-22(30)39-23(42)27(2)36(3)25(44)32(39,21(30)41)48-46-27/h6-9,11-12,19-22,35,40-41H,5,10H2,1-4H3/t19-,20-,21-,22+,27-,28-,29-,30+,31-,32-/m0/s1. The van der Waals surface area contributed by atoms with E-state index in [4.69, 9.17) is 0 Å². The molecule has 17 heteroatoms. The lowest BCUT2D eigenvalue weighted by atomic mass is 9.51. The molecular formula is C32H29F2N5O6S4. The number of aliphatic hydroxyl groups excluding tert-OH is 2. The summed E-state index contributed by atoms with van der Waals surface area (Å²) in [5.41, 5.74) is -2.61. The zero-order chi connectivity index (χ0) is 34.6. The first-order valence-electron chi connectivity index (χ1n) is 15.9. The summed E-state index contributed by atoms with van der Waals surface area (Å²) < 4.78 is 31.3. The van der Waals surface area contributed by atoms with E-state index in [0.717, 1.165) is 32.4 Å². The van der Waals surface area contributed by atoms with E-state index in [-0.39, 0.29) is 24.0 Å². The minimum atomic E-state index is -1.99. The molecule has 0 radical (unpaired) electrons. The van der Waals surface area contributed by atoms with Crippen LogP contribution in [0.5, 0.6) is 0 Å². The first kappa shape index (κ1) is 31.1. The third-order valence-corrected chi connectivity index (χ3v) is 20.3. The maximum atomic E-state index is 15.6. The van der Waals surface area contributed by atoms with Gasteiger partial charge in [-0.1, -0.05) is 34.6 Å². The summed E-state index contributed by atoms with van der Waals surface area (Å²) in [6.45, 7) is 3.43. The lowest BCUT2D eigenvalue weighted by molar-refractivity contribution is -0.168. The molecule has 8 fully saturated rings. The van der Waals surface area contributed by atoms with Gasteiger partial charge < -0.3 is 30.2 Å². The number of rotatable bonds is 2. The highest BCUT2D eigenvalue weighted by atomic mass is 33.1. The Bertz CT molecular complexity index is 2030. The SMILES string of the molecule is CC[C@@]12SS[C@]3(C(=O)N1C)[C@@H](O)[C@]1([C@@]45c6cc(F)ccc6N[C@@H]4N4C(=O)[C@]6(C)SS[C@]4(C(=O)N6C)[C@H]5O)c4cc(F)ccc4C[C@@H]1N3C2=O. The summed E-state index contributed by atoms with van der Waals surface area (Å²) in [4.78, 5) is 57.8. The van der Waals surface area contributed by atoms with Crippen LogP contribution < -0.4 is 5.32 Å². The van der Waals surface area contributed by atoms with E-state index in [1.54, 1.807) is 19.9 Å². The monoisotopic (exact) mass is 745 g/mol. The molecule has 2 aromatic rings. The van der Waals surface area contributed by atoms with Gasteiger partial charge in [0.05, 0.1) is 16.9 Å². The molecule has 0 aromatic heterocycles. The van der Waals surface area contributed by atoms with Crippen molar-refractivity contribution in [1.29, 1.82) is 0 Å². The second-order valence-corrected chi connectivity index (χ2v) is 19.6. The average molecular weight is 746 g/mol. The molecule has 2 spiro atoms. The number of benzene rings is 2. The fourth-order valence-corrected chi connectivity index (χ4v) is 18.1. The Morgan fingerprint density at radius 2 is 1.41 bits per heavy atom. The number of hydrogen-bond donors (Lipinski definition) is 3. The first-order chi connectivity index (χ1) is 23.2. The van der Waals surface area contributed by atoms with Gasteiger partial charge in [0, 0.05) is 19.8 Å². The van der Waals surface area contributed by atoms with Gasteiger partial charge in [0.2, 0.25) is 9.74 Å². The number of fused-ring (bicyclic) bond motifs is 11. The van der Waals surface area contributed by atoms with E-state index < -0.39 is 90.0 Å². The normalized spacial score (nSPS) is 45.1. The van der Waals surface area contributed by atoms with Crippen LogP contribution in [0.3, 0.4) is 0 Å². The molecule has 4 amide bonds. The van der Waals surface area contributed by atoms with Crippen LogP contribution in [0.25, 0.3) is 0 Å². The number of anilines is 1. The highest BCUT2D eigenvalue weighted by Crippen LogP contribution is 2.78. The number of hydrogen-bond acceptors (Lipinski definition) is 11. The number of halogens is 2. The summed E-state index contributed by atoms with van der Waals surface area (Å²) >= 11 is 0. The molecule has 10 atom stereocenters. The molecule has 9 heterocycles. The molecule has 4 bridgehead atoms. The van der Waals surface area contributed by atoms with Gasteiger partial charge in [-0.25, -0.2) is 8.78 Å².